The first kappa shape index (κ1) is 35.7. The van der Waals surface area contributed by atoms with Crippen LogP contribution in [-0.4, -0.2) is 38.7 Å². The Kier molecular flexibility index (Phi) is 12.4. The smallest absolute Gasteiger partial charge is 0.224 e. The van der Waals surface area contributed by atoms with Crippen LogP contribution < -0.4 is 16.4 Å². The summed E-state index contributed by atoms with van der Waals surface area (Å²) < 4.78 is 13.0. The lowest BCUT2D eigenvalue weighted by atomic mass is 9.99. The molecule has 5 N–H and O–H groups in total. The summed E-state index contributed by atoms with van der Waals surface area (Å²) in [4.78, 5) is 33.5. The first-order chi connectivity index (χ1) is 24.9. The molecule has 1 fully saturated rings. The van der Waals surface area contributed by atoms with E-state index in [0.29, 0.717) is 41.7 Å². The van der Waals surface area contributed by atoms with E-state index in [2.05, 4.69) is 38.8 Å². The molecule has 1 aliphatic heterocycles. The Morgan fingerprint density at radius 2 is 1.55 bits per heavy atom. The van der Waals surface area contributed by atoms with E-state index in [0.717, 1.165) is 33.4 Å². The summed E-state index contributed by atoms with van der Waals surface area (Å²) in [5.74, 6) is 0.390. The number of hydrogen-bond donors (Lipinski definition) is 4. The molecule has 6 rings (SSSR count). The number of amides is 2. The molecule has 4 aromatic carbocycles. The number of carbonyl (C=O) groups excluding carboxylic acids is 2. The molecule has 5 aromatic rings. The molecular formula is C40H41N5O5S. The molecular weight excluding hydrogens is 663 g/mol. The van der Waals surface area contributed by atoms with Crippen LogP contribution in [0, 0.1) is 0 Å². The first-order valence-corrected chi connectivity index (χ1v) is 17.9. The molecule has 0 unspecified atom stereocenters. The number of aliphatic hydroxyl groups is 1. The highest BCUT2D eigenvalue weighted by molar-refractivity contribution is 7.99. The Bertz CT molecular complexity index is 1890. The third-order valence-corrected chi connectivity index (χ3v) is 9.54. The average molecular weight is 704 g/mol. The van der Waals surface area contributed by atoms with Gasteiger partial charge < -0.3 is 30.9 Å². The maximum absolute atomic E-state index is 12.5. The van der Waals surface area contributed by atoms with Crippen molar-refractivity contribution in [2.24, 2.45) is 0 Å². The molecule has 1 aromatic heterocycles. The number of nitrogens with two attached hydrogens (primary N) is 1. The van der Waals surface area contributed by atoms with Crippen molar-refractivity contribution in [2.75, 3.05) is 16.8 Å². The molecule has 3 atom stereocenters. The molecule has 11 heteroatoms. The normalized spacial score (nSPS) is 17.1. The minimum absolute atomic E-state index is 0.00817. The summed E-state index contributed by atoms with van der Waals surface area (Å²) in [6, 6.07) is 32.9. The van der Waals surface area contributed by atoms with Gasteiger partial charge in [-0.3, -0.25) is 9.59 Å². The molecule has 0 spiro atoms. The van der Waals surface area contributed by atoms with Crippen LogP contribution in [0.5, 0.6) is 0 Å². The molecule has 1 aliphatic rings. The second-order valence-corrected chi connectivity index (χ2v) is 13.3. The second kappa shape index (κ2) is 17.7. The van der Waals surface area contributed by atoms with E-state index in [1.807, 2.05) is 54.6 Å². The molecule has 51 heavy (non-hydrogen) atoms. The van der Waals surface area contributed by atoms with Gasteiger partial charge >= 0.3 is 0 Å². The summed E-state index contributed by atoms with van der Waals surface area (Å²) in [5.41, 5.74) is 12.8. The van der Waals surface area contributed by atoms with E-state index in [-0.39, 0.29) is 43.5 Å². The van der Waals surface area contributed by atoms with Crippen LogP contribution in [0.3, 0.4) is 0 Å². The van der Waals surface area contributed by atoms with Gasteiger partial charge in [0.15, 0.2) is 11.4 Å². The number of nitrogens with one attached hydrogen (secondary N) is 2. The quantitative estimate of drug-likeness (QED) is 0.0546. The van der Waals surface area contributed by atoms with Crippen molar-refractivity contribution in [1.29, 1.82) is 0 Å². The highest BCUT2D eigenvalue weighted by Gasteiger charge is 2.32. The van der Waals surface area contributed by atoms with Crippen molar-refractivity contribution < 1.29 is 24.2 Å². The lowest BCUT2D eigenvalue weighted by molar-refractivity contribution is -0.245. The lowest BCUT2D eigenvalue weighted by Crippen LogP contribution is -2.31. The van der Waals surface area contributed by atoms with Gasteiger partial charge in [-0.2, -0.15) is 0 Å². The number of ether oxygens (including phenoxy) is 2. The second-order valence-electron chi connectivity index (χ2n) is 12.3. The fourth-order valence-electron chi connectivity index (χ4n) is 5.77. The number of rotatable bonds is 14. The van der Waals surface area contributed by atoms with E-state index >= 15 is 0 Å². The highest BCUT2D eigenvalue weighted by Crippen LogP contribution is 2.39. The molecule has 0 radical (unpaired) electrons. The summed E-state index contributed by atoms with van der Waals surface area (Å²) in [6.07, 6.45) is 4.20. The predicted molar refractivity (Wildman–Crippen MR) is 198 cm³/mol. The van der Waals surface area contributed by atoms with Crippen LogP contribution in [-0.2, 0) is 32.2 Å². The number of carbonyl (C=O) groups is 2. The Balaban J connectivity index is 1.04. The molecule has 2 amide bonds. The van der Waals surface area contributed by atoms with Crippen LogP contribution in [0.25, 0.3) is 11.1 Å². The fourth-order valence-corrected chi connectivity index (χ4v) is 6.59. The molecule has 262 valence electrons. The molecule has 0 bridgehead atoms. The number of benzene rings is 4. The minimum Gasteiger partial charge on any atom is -0.397 e. The maximum atomic E-state index is 12.5. The number of nitrogen functional groups attached to an aromatic ring is 1. The van der Waals surface area contributed by atoms with Gasteiger partial charge in [0.05, 0.1) is 30.2 Å². The van der Waals surface area contributed by atoms with E-state index < -0.39 is 6.29 Å². The zero-order valence-electron chi connectivity index (χ0n) is 28.1. The molecule has 2 heterocycles. The van der Waals surface area contributed by atoms with Crippen LogP contribution in [0.4, 0.5) is 11.4 Å². The number of aromatic nitrogens is 2. The Morgan fingerprint density at radius 1 is 0.804 bits per heavy atom. The average Bonchev–Trinajstić information content (AvgIpc) is 3.17. The fraction of sp³-hybridized carbons (Fsp3) is 0.250. The number of thioether (sulfide) groups is 1. The van der Waals surface area contributed by atoms with E-state index in [4.69, 9.17) is 15.2 Å². The van der Waals surface area contributed by atoms with Crippen LogP contribution in [0.2, 0.25) is 0 Å². The van der Waals surface area contributed by atoms with E-state index in [9.17, 15) is 14.7 Å². The number of para-hydroxylation sites is 2. The summed E-state index contributed by atoms with van der Waals surface area (Å²) in [5, 5.41) is 16.0. The number of aliphatic hydroxyl groups excluding tert-OH is 1. The van der Waals surface area contributed by atoms with Gasteiger partial charge in [0.25, 0.3) is 0 Å². The molecule has 0 aliphatic carbocycles. The number of nitrogens with zero attached hydrogens (tertiary/aromatic N) is 2. The van der Waals surface area contributed by atoms with Crippen LogP contribution in [0.1, 0.15) is 60.3 Å². The lowest BCUT2D eigenvalue weighted by Gasteiger charge is -2.36. The van der Waals surface area contributed by atoms with E-state index in [1.54, 1.807) is 54.5 Å². The van der Waals surface area contributed by atoms with Gasteiger partial charge in [0, 0.05) is 49.5 Å². The van der Waals surface area contributed by atoms with Crippen LogP contribution >= 0.6 is 11.8 Å². The van der Waals surface area contributed by atoms with Gasteiger partial charge in [-0.05, 0) is 58.5 Å². The zero-order chi connectivity index (χ0) is 35.4. The third-order valence-electron chi connectivity index (χ3n) is 8.53. The van der Waals surface area contributed by atoms with Crippen molar-refractivity contribution >= 4 is 35.0 Å². The van der Waals surface area contributed by atoms with Crippen molar-refractivity contribution in [3.63, 3.8) is 0 Å². The number of anilines is 2. The standard InChI is InChI=1S/C40H41N5O5S/c41-34-8-1-2-9-35(34)45-38(48)11-4-10-37(47)44-24-28-6-3-7-32(22-28)29-16-18-31(19-17-29)39-49-33(26-51-40-42-20-5-21-43-40)23-36(50-39)30-14-12-27(25-46)13-15-30/h1-3,5-9,12-22,33,36,39,46H,4,10-11,23-26,41H2,(H,44,47)(H,45,48)/t33-,36+,39+/m1/s1. The largest absolute Gasteiger partial charge is 0.397 e. The summed E-state index contributed by atoms with van der Waals surface area (Å²) in [6.45, 7) is 0.376. The Hall–Kier alpha value is -5.07. The minimum atomic E-state index is -0.568. The van der Waals surface area contributed by atoms with Crippen molar-refractivity contribution in [3.8, 4) is 11.1 Å². The molecule has 1 saturated heterocycles. The number of hydrogen-bond acceptors (Lipinski definition) is 9. The van der Waals surface area contributed by atoms with Gasteiger partial charge in [-0.15, -0.1) is 0 Å². The van der Waals surface area contributed by atoms with E-state index in [1.165, 1.54) is 0 Å². The maximum Gasteiger partial charge on any atom is 0.224 e. The highest BCUT2D eigenvalue weighted by atomic mass is 32.2. The molecule has 10 nitrogen and oxygen atoms in total. The van der Waals surface area contributed by atoms with Crippen molar-refractivity contribution in [3.05, 3.63) is 138 Å². The Morgan fingerprint density at radius 3 is 2.31 bits per heavy atom. The van der Waals surface area contributed by atoms with Gasteiger partial charge in [-0.1, -0.05) is 90.6 Å². The summed E-state index contributed by atoms with van der Waals surface area (Å²) >= 11 is 1.56. The summed E-state index contributed by atoms with van der Waals surface area (Å²) in [7, 11) is 0. The SMILES string of the molecule is Nc1ccccc1NC(=O)CCCC(=O)NCc1cccc(-c2ccc([C@H]3O[C@@H](CSc4ncccn4)C[C@@H](c4ccc(CO)cc4)O3)cc2)c1. The first-order valence-electron chi connectivity index (χ1n) is 16.9. The molecule has 0 saturated carbocycles. The van der Waals surface area contributed by atoms with Gasteiger partial charge in [-0.25, -0.2) is 9.97 Å². The van der Waals surface area contributed by atoms with Gasteiger partial charge in [0.1, 0.15) is 0 Å². The third kappa shape index (κ3) is 10.2. The zero-order valence-corrected chi connectivity index (χ0v) is 28.9. The van der Waals surface area contributed by atoms with Crippen LogP contribution in [0.15, 0.2) is 121 Å². The van der Waals surface area contributed by atoms with Crippen molar-refractivity contribution in [1.82, 2.24) is 15.3 Å². The van der Waals surface area contributed by atoms with Crippen molar-refractivity contribution in [2.45, 2.75) is 62.5 Å². The topological polar surface area (TPSA) is 149 Å². The Labute approximate surface area is 301 Å². The van der Waals surface area contributed by atoms with Gasteiger partial charge in [0.2, 0.25) is 11.8 Å². The monoisotopic (exact) mass is 703 g/mol. The predicted octanol–water partition coefficient (Wildman–Crippen LogP) is 6.98.